The van der Waals surface area contributed by atoms with E-state index in [1.165, 1.54) is 0 Å². The normalized spacial score (nSPS) is 10.6. The summed E-state index contributed by atoms with van der Waals surface area (Å²) in [6, 6.07) is 13.4. The van der Waals surface area contributed by atoms with Crippen molar-refractivity contribution < 1.29 is 4.74 Å². The van der Waals surface area contributed by atoms with Crippen LogP contribution in [0.5, 0.6) is 5.75 Å². The van der Waals surface area contributed by atoms with Gasteiger partial charge in [-0.1, -0.05) is 29.0 Å². The molecule has 0 aliphatic carbocycles. The number of hydrogen-bond donors (Lipinski definition) is 1. The van der Waals surface area contributed by atoms with E-state index in [0.717, 1.165) is 31.8 Å². The molecule has 0 fully saturated rings. The molecule has 1 aromatic heterocycles. The predicted molar refractivity (Wildman–Crippen MR) is 80.9 cm³/mol. The standard InChI is InChI=1S/C14H11ClN2OS/c1-18-11-3-2-4-12-13(11)17-14(19-12)16-10-7-5-9(15)6-8-10/h2-8H,1H3,(H,16,17). The molecule has 0 atom stereocenters. The fourth-order valence-corrected chi connectivity index (χ4v) is 2.83. The summed E-state index contributed by atoms with van der Waals surface area (Å²) in [5.41, 5.74) is 1.84. The van der Waals surface area contributed by atoms with Gasteiger partial charge in [0.2, 0.25) is 0 Å². The number of benzene rings is 2. The number of methoxy groups -OCH3 is 1. The van der Waals surface area contributed by atoms with Gasteiger partial charge in [-0.3, -0.25) is 0 Å². The zero-order valence-corrected chi connectivity index (χ0v) is 11.8. The van der Waals surface area contributed by atoms with E-state index in [1.54, 1.807) is 18.4 Å². The molecule has 0 aliphatic rings. The number of para-hydroxylation sites is 1. The maximum atomic E-state index is 5.86. The number of rotatable bonds is 3. The molecule has 0 spiro atoms. The van der Waals surface area contributed by atoms with E-state index in [-0.39, 0.29) is 0 Å². The van der Waals surface area contributed by atoms with Gasteiger partial charge in [-0.25, -0.2) is 4.98 Å². The number of aromatic nitrogens is 1. The molecule has 5 heteroatoms. The van der Waals surface area contributed by atoms with Crippen LogP contribution in [0, 0.1) is 0 Å². The van der Waals surface area contributed by atoms with Crippen LogP contribution in [0.1, 0.15) is 0 Å². The predicted octanol–water partition coefficient (Wildman–Crippen LogP) is 4.70. The van der Waals surface area contributed by atoms with E-state index in [4.69, 9.17) is 16.3 Å². The zero-order chi connectivity index (χ0) is 13.2. The van der Waals surface area contributed by atoms with Crippen molar-refractivity contribution in [2.24, 2.45) is 0 Å². The number of nitrogens with one attached hydrogen (secondary N) is 1. The first-order valence-electron chi connectivity index (χ1n) is 5.72. The Kier molecular flexibility index (Phi) is 3.27. The third-order valence-electron chi connectivity index (χ3n) is 2.70. The molecule has 0 saturated heterocycles. The first-order chi connectivity index (χ1) is 9.26. The highest BCUT2D eigenvalue weighted by Crippen LogP contribution is 2.33. The van der Waals surface area contributed by atoms with Crippen LogP contribution in [-0.4, -0.2) is 12.1 Å². The third-order valence-corrected chi connectivity index (χ3v) is 3.89. The number of nitrogens with zero attached hydrogens (tertiary/aromatic N) is 1. The van der Waals surface area contributed by atoms with Crippen LogP contribution >= 0.6 is 22.9 Å². The largest absolute Gasteiger partial charge is 0.494 e. The van der Waals surface area contributed by atoms with Gasteiger partial charge in [0.05, 0.1) is 11.8 Å². The van der Waals surface area contributed by atoms with Gasteiger partial charge in [0.25, 0.3) is 0 Å². The van der Waals surface area contributed by atoms with Crippen LogP contribution in [-0.2, 0) is 0 Å². The van der Waals surface area contributed by atoms with E-state index in [9.17, 15) is 0 Å². The molecule has 0 saturated carbocycles. The van der Waals surface area contributed by atoms with E-state index in [1.807, 2.05) is 42.5 Å². The van der Waals surface area contributed by atoms with E-state index in [2.05, 4.69) is 10.3 Å². The first-order valence-corrected chi connectivity index (χ1v) is 6.92. The Labute approximate surface area is 119 Å². The summed E-state index contributed by atoms with van der Waals surface area (Å²) in [4.78, 5) is 4.55. The number of thiazole rings is 1. The van der Waals surface area contributed by atoms with Crippen LogP contribution in [0.4, 0.5) is 10.8 Å². The highest BCUT2D eigenvalue weighted by Gasteiger charge is 2.08. The van der Waals surface area contributed by atoms with Gasteiger partial charge in [0, 0.05) is 10.7 Å². The summed E-state index contributed by atoms with van der Waals surface area (Å²) < 4.78 is 6.40. The Bertz CT molecular complexity index is 709. The van der Waals surface area contributed by atoms with Crippen molar-refractivity contribution in [2.45, 2.75) is 0 Å². The minimum Gasteiger partial charge on any atom is -0.494 e. The Morgan fingerprint density at radius 3 is 2.68 bits per heavy atom. The number of anilines is 2. The minimum atomic E-state index is 0.719. The van der Waals surface area contributed by atoms with Gasteiger partial charge in [0.1, 0.15) is 11.3 Å². The van der Waals surface area contributed by atoms with Crippen LogP contribution in [0.3, 0.4) is 0 Å². The molecule has 3 aromatic rings. The van der Waals surface area contributed by atoms with Crippen molar-refractivity contribution in [1.82, 2.24) is 4.98 Å². The number of ether oxygens (including phenoxy) is 1. The van der Waals surface area contributed by atoms with Crippen molar-refractivity contribution in [3.63, 3.8) is 0 Å². The van der Waals surface area contributed by atoms with Gasteiger partial charge in [-0.2, -0.15) is 0 Å². The molecular weight excluding hydrogens is 280 g/mol. The molecule has 96 valence electrons. The summed E-state index contributed by atoms with van der Waals surface area (Å²) in [5.74, 6) is 0.790. The third kappa shape index (κ3) is 2.50. The summed E-state index contributed by atoms with van der Waals surface area (Å²) in [7, 11) is 1.65. The van der Waals surface area contributed by atoms with Crippen LogP contribution in [0.2, 0.25) is 5.02 Å². The Morgan fingerprint density at radius 2 is 1.95 bits per heavy atom. The zero-order valence-electron chi connectivity index (χ0n) is 10.2. The lowest BCUT2D eigenvalue weighted by atomic mass is 10.3. The van der Waals surface area contributed by atoms with Crippen molar-refractivity contribution >= 4 is 44.0 Å². The Morgan fingerprint density at radius 1 is 1.16 bits per heavy atom. The second-order valence-electron chi connectivity index (χ2n) is 3.96. The topological polar surface area (TPSA) is 34.1 Å². The SMILES string of the molecule is COc1cccc2sc(Nc3ccc(Cl)cc3)nc12. The van der Waals surface area contributed by atoms with Gasteiger partial charge >= 0.3 is 0 Å². The molecule has 19 heavy (non-hydrogen) atoms. The van der Waals surface area contributed by atoms with Crippen molar-refractivity contribution in [1.29, 1.82) is 0 Å². The lowest BCUT2D eigenvalue weighted by Gasteiger charge is -2.01. The maximum absolute atomic E-state index is 5.86. The van der Waals surface area contributed by atoms with Crippen molar-refractivity contribution in [3.8, 4) is 5.75 Å². The molecule has 3 rings (SSSR count). The Hall–Kier alpha value is -1.78. The quantitative estimate of drug-likeness (QED) is 0.759. The van der Waals surface area contributed by atoms with Crippen molar-refractivity contribution in [3.05, 3.63) is 47.5 Å². The molecule has 0 radical (unpaired) electrons. The summed E-state index contributed by atoms with van der Waals surface area (Å²) in [6.45, 7) is 0. The summed E-state index contributed by atoms with van der Waals surface area (Å²) >= 11 is 7.45. The molecular formula is C14H11ClN2OS. The van der Waals surface area contributed by atoms with Gasteiger partial charge in [-0.05, 0) is 36.4 Å². The molecule has 1 N–H and O–H groups in total. The molecule has 2 aromatic carbocycles. The Balaban J connectivity index is 1.95. The fraction of sp³-hybridized carbons (Fsp3) is 0.0714. The monoisotopic (exact) mass is 290 g/mol. The first kappa shape index (κ1) is 12.3. The smallest absolute Gasteiger partial charge is 0.188 e. The average Bonchev–Trinajstić information content (AvgIpc) is 2.83. The number of fused-ring (bicyclic) bond motifs is 1. The molecule has 0 amide bonds. The lowest BCUT2D eigenvalue weighted by molar-refractivity contribution is 0.419. The van der Waals surface area contributed by atoms with Gasteiger partial charge in [-0.15, -0.1) is 0 Å². The van der Waals surface area contributed by atoms with E-state index >= 15 is 0 Å². The van der Waals surface area contributed by atoms with Crippen molar-refractivity contribution in [2.75, 3.05) is 12.4 Å². The fourth-order valence-electron chi connectivity index (χ4n) is 1.80. The highest BCUT2D eigenvalue weighted by atomic mass is 35.5. The van der Waals surface area contributed by atoms with E-state index in [0.29, 0.717) is 0 Å². The van der Waals surface area contributed by atoms with Crippen LogP contribution in [0.15, 0.2) is 42.5 Å². The summed E-state index contributed by atoms with van der Waals surface area (Å²) in [5, 5.41) is 4.82. The molecule has 0 aliphatic heterocycles. The van der Waals surface area contributed by atoms with Gasteiger partial charge in [0.15, 0.2) is 5.13 Å². The molecule has 0 unspecified atom stereocenters. The highest BCUT2D eigenvalue weighted by molar-refractivity contribution is 7.22. The van der Waals surface area contributed by atoms with Gasteiger partial charge < -0.3 is 10.1 Å². The minimum absolute atomic E-state index is 0.719. The lowest BCUT2D eigenvalue weighted by Crippen LogP contribution is -1.88. The second-order valence-corrected chi connectivity index (χ2v) is 5.43. The molecule has 3 nitrogen and oxygen atoms in total. The number of halogens is 1. The average molecular weight is 291 g/mol. The van der Waals surface area contributed by atoms with Crippen LogP contribution in [0.25, 0.3) is 10.2 Å². The second kappa shape index (κ2) is 5.07. The maximum Gasteiger partial charge on any atom is 0.188 e. The number of hydrogen-bond acceptors (Lipinski definition) is 4. The molecule has 1 heterocycles. The molecule has 0 bridgehead atoms. The summed E-state index contributed by atoms with van der Waals surface area (Å²) in [6.07, 6.45) is 0. The van der Waals surface area contributed by atoms with E-state index < -0.39 is 0 Å². The van der Waals surface area contributed by atoms with Crippen LogP contribution < -0.4 is 10.1 Å².